The smallest absolute Gasteiger partial charge is 0.174 e. The predicted octanol–water partition coefficient (Wildman–Crippen LogP) is 5.95. The van der Waals surface area contributed by atoms with Gasteiger partial charge < -0.3 is 9.80 Å². The Bertz CT molecular complexity index is 1030. The molecule has 30 heavy (non-hydrogen) atoms. The van der Waals surface area contributed by atoms with Crippen LogP contribution < -0.4 is 4.90 Å². The maximum Gasteiger partial charge on any atom is 0.174 e. The minimum absolute atomic E-state index is 0.0630. The lowest BCUT2D eigenvalue weighted by atomic mass is 9.77. The zero-order valence-electron chi connectivity index (χ0n) is 17.7. The first-order valence-electron chi connectivity index (χ1n) is 10.4. The number of carbonyl (C=O) groups excluding carboxylic acids is 1. The topological polar surface area (TPSA) is 23.6 Å². The SMILES string of the molecule is CCN1c2ccccc2C(=O)C(c2ccc(Cl)cc2)C1c1ccc(CN(C)C)cc1. The fourth-order valence-electron chi connectivity index (χ4n) is 4.50. The summed E-state index contributed by atoms with van der Waals surface area (Å²) in [6.07, 6.45) is 0. The van der Waals surface area contributed by atoms with Crippen molar-refractivity contribution in [2.45, 2.75) is 25.4 Å². The Hall–Kier alpha value is -2.62. The van der Waals surface area contributed by atoms with E-state index in [4.69, 9.17) is 11.6 Å². The average molecular weight is 419 g/mol. The zero-order chi connectivity index (χ0) is 21.3. The number of anilines is 1. The Morgan fingerprint density at radius 3 is 2.17 bits per heavy atom. The highest BCUT2D eigenvalue weighted by Crippen LogP contribution is 2.46. The molecule has 3 nitrogen and oxygen atoms in total. The van der Waals surface area contributed by atoms with Crippen LogP contribution in [0.25, 0.3) is 0 Å². The summed E-state index contributed by atoms with van der Waals surface area (Å²) in [4.78, 5) is 18.2. The molecule has 1 aliphatic heterocycles. The third-order valence-corrected chi connectivity index (χ3v) is 6.05. The van der Waals surface area contributed by atoms with E-state index in [0.29, 0.717) is 5.02 Å². The molecule has 1 heterocycles. The maximum absolute atomic E-state index is 13.7. The van der Waals surface area contributed by atoms with Crippen molar-refractivity contribution in [1.82, 2.24) is 4.90 Å². The summed E-state index contributed by atoms with van der Waals surface area (Å²) in [6.45, 7) is 3.86. The number of Topliss-reactive ketones (excluding diaryl/α,β-unsaturated/α-hetero) is 1. The van der Waals surface area contributed by atoms with Crippen molar-refractivity contribution < 1.29 is 4.79 Å². The molecule has 0 fully saturated rings. The van der Waals surface area contributed by atoms with E-state index in [9.17, 15) is 4.79 Å². The van der Waals surface area contributed by atoms with Gasteiger partial charge in [0.2, 0.25) is 0 Å². The van der Waals surface area contributed by atoms with Crippen LogP contribution >= 0.6 is 11.6 Å². The molecule has 1 aliphatic rings. The average Bonchev–Trinajstić information content (AvgIpc) is 2.75. The quantitative estimate of drug-likeness (QED) is 0.511. The van der Waals surface area contributed by atoms with Gasteiger partial charge in [-0.25, -0.2) is 0 Å². The monoisotopic (exact) mass is 418 g/mol. The molecule has 0 amide bonds. The third-order valence-electron chi connectivity index (χ3n) is 5.80. The second-order valence-corrected chi connectivity index (χ2v) is 8.56. The number of ketones is 1. The molecule has 3 aromatic rings. The van der Waals surface area contributed by atoms with Crippen LogP contribution in [-0.2, 0) is 6.54 Å². The second-order valence-electron chi connectivity index (χ2n) is 8.12. The summed E-state index contributed by atoms with van der Waals surface area (Å²) in [7, 11) is 4.14. The van der Waals surface area contributed by atoms with E-state index >= 15 is 0 Å². The van der Waals surface area contributed by atoms with Crippen molar-refractivity contribution in [3.8, 4) is 0 Å². The van der Waals surface area contributed by atoms with E-state index in [-0.39, 0.29) is 17.7 Å². The van der Waals surface area contributed by atoms with Crippen LogP contribution in [0.5, 0.6) is 0 Å². The Labute approximate surface area is 183 Å². The molecule has 2 atom stereocenters. The van der Waals surface area contributed by atoms with Gasteiger partial charge in [-0.2, -0.15) is 0 Å². The molecule has 0 radical (unpaired) electrons. The molecule has 3 aromatic carbocycles. The summed E-state index contributed by atoms with van der Waals surface area (Å²) in [6, 6.07) is 24.3. The Morgan fingerprint density at radius 1 is 0.900 bits per heavy atom. The Morgan fingerprint density at radius 2 is 1.53 bits per heavy atom. The number of para-hydroxylation sites is 1. The number of likely N-dealkylation sites (N-methyl/N-ethyl adjacent to an activating group) is 1. The number of halogens is 1. The van der Waals surface area contributed by atoms with E-state index < -0.39 is 0 Å². The highest BCUT2D eigenvalue weighted by Gasteiger charge is 2.41. The van der Waals surface area contributed by atoms with Gasteiger partial charge in [0.1, 0.15) is 0 Å². The fraction of sp³-hybridized carbons (Fsp3) is 0.269. The molecule has 0 aromatic heterocycles. The van der Waals surface area contributed by atoms with Gasteiger partial charge in [0.05, 0.1) is 12.0 Å². The highest BCUT2D eigenvalue weighted by atomic mass is 35.5. The van der Waals surface area contributed by atoms with Crippen LogP contribution in [0.4, 0.5) is 5.69 Å². The van der Waals surface area contributed by atoms with Crippen LogP contribution in [0.1, 0.15) is 45.9 Å². The minimum Gasteiger partial charge on any atom is -0.363 e. The van der Waals surface area contributed by atoms with Crippen molar-refractivity contribution in [3.05, 3.63) is 100 Å². The molecule has 0 N–H and O–H groups in total. The van der Waals surface area contributed by atoms with Crippen LogP contribution in [0, 0.1) is 0 Å². The van der Waals surface area contributed by atoms with Gasteiger partial charge in [0, 0.05) is 29.4 Å². The van der Waals surface area contributed by atoms with Gasteiger partial charge in [0.25, 0.3) is 0 Å². The third kappa shape index (κ3) is 3.88. The number of hydrogen-bond acceptors (Lipinski definition) is 3. The van der Waals surface area contributed by atoms with Gasteiger partial charge in [-0.1, -0.05) is 60.1 Å². The van der Waals surface area contributed by atoms with E-state index in [1.165, 1.54) is 5.56 Å². The minimum atomic E-state index is -0.281. The van der Waals surface area contributed by atoms with Gasteiger partial charge >= 0.3 is 0 Å². The second kappa shape index (κ2) is 8.63. The molecule has 4 rings (SSSR count). The zero-order valence-corrected chi connectivity index (χ0v) is 18.4. The van der Waals surface area contributed by atoms with Gasteiger partial charge in [-0.05, 0) is 62.0 Å². The standard InChI is InChI=1S/C26H27ClN2O/c1-4-29-23-8-6-5-7-22(23)26(30)24(19-13-15-21(27)16-14-19)25(29)20-11-9-18(10-12-20)17-28(2)3/h5-16,24-25H,4,17H2,1-3H3. The van der Waals surface area contributed by atoms with Crippen molar-refractivity contribution in [2.24, 2.45) is 0 Å². The van der Waals surface area contributed by atoms with E-state index in [1.807, 2.05) is 42.5 Å². The fourth-order valence-corrected chi connectivity index (χ4v) is 4.63. The van der Waals surface area contributed by atoms with E-state index in [2.05, 4.69) is 61.2 Å². The lowest BCUT2D eigenvalue weighted by Crippen LogP contribution is -2.41. The first kappa shape index (κ1) is 20.6. The van der Waals surface area contributed by atoms with Gasteiger partial charge in [-0.3, -0.25) is 4.79 Å². The molecule has 0 saturated carbocycles. The normalized spacial score (nSPS) is 18.6. The Kier molecular flexibility index (Phi) is 5.94. The van der Waals surface area contributed by atoms with E-state index in [1.54, 1.807) is 0 Å². The highest BCUT2D eigenvalue weighted by molar-refractivity contribution is 6.30. The van der Waals surface area contributed by atoms with Crippen molar-refractivity contribution >= 4 is 23.1 Å². The number of benzene rings is 3. The van der Waals surface area contributed by atoms with Crippen LogP contribution in [-0.4, -0.2) is 31.3 Å². The number of hydrogen-bond donors (Lipinski definition) is 0. The Balaban J connectivity index is 1.84. The van der Waals surface area contributed by atoms with Crippen molar-refractivity contribution in [1.29, 1.82) is 0 Å². The van der Waals surface area contributed by atoms with Crippen molar-refractivity contribution in [2.75, 3.05) is 25.5 Å². The molecule has 2 unspecified atom stereocenters. The molecular weight excluding hydrogens is 392 g/mol. The first-order chi connectivity index (χ1) is 14.5. The van der Waals surface area contributed by atoms with Crippen molar-refractivity contribution in [3.63, 3.8) is 0 Å². The number of nitrogens with zero attached hydrogens (tertiary/aromatic N) is 2. The lowest BCUT2D eigenvalue weighted by molar-refractivity contribution is 0.0936. The molecule has 0 aliphatic carbocycles. The molecule has 0 bridgehead atoms. The lowest BCUT2D eigenvalue weighted by Gasteiger charge is -2.43. The molecule has 0 spiro atoms. The predicted molar refractivity (Wildman–Crippen MR) is 125 cm³/mol. The van der Waals surface area contributed by atoms with Crippen LogP contribution in [0.3, 0.4) is 0 Å². The maximum atomic E-state index is 13.7. The number of fused-ring (bicyclic) bond motifs is 1. The summed E-state index contributed by atoms with van der Waals surface area (Å²) >= 11 is 6.14. The first-order valence-corrected chi connectivity index (χ1v) is 10.8. The van der Waals surface area contributed by atoms with Gasteiger partial charge in [0.15, 0.2) is 5.78 Å². The van der Waals surface area contributed by atoms with Crippen LogP contribution in [0.2, 0.25) is 5.02 Å². The summed E-state index contributed by atoms with van der Waals surface area (Å²) in [5.74, 6) is -0.114. The molecular formula is C26H27ClN2O. The summed E-state index contributed by atoms with van der Waals surface area (Å²) < 4.78 is 0. The number of carbonyl (C=O) groups is 1. The summed E-state index contributed by atoms with van der Waals surface area (Å²) in [5, 5.41) is 0.680. The summed E-state index contributed by atoms with van der Waals surface area (Å²) in [5.41, 5.74) is 5.22. The van der Waals surface area contributed by atoms with Crippen LogP contribution in [0.15, 0.2) is 72.8 Å². The largest absolute Gasteiger partial charge is 0.363 e. The number of rotatable bonds is 5. The van der Waals surface area contributed by atoms with E-state index in [0.717, 1.165) is 35.5 Å². The molecule has 154 valence electrons. The molecule has 0 saturated heterocycles. The molecule has 4 heteroatoms. The van der Waals surface area contributed by atoms with Gasteiger partial charge in [-0.15, -0.1) is 0 Å².